The number of rotatable bonds is 3. The Morgan fingerprint density at radius 1 is 1.22 bits per heavy atom. The number of alkyl halides is 1. The highest BCUT2D eigenvalue weighted by atomic mass is 19.1. The second kappa shape index (κ2) is 6.06. The molecule has 0 spiro atoms. The van der Waals surface area contributed by atoms with E-state index in [9.17, 15) is 9.18 Å². The third kappa shape index (κ3) is 2.68. The summed E-state index contributed by atoms with van der Waals surface area (Å²) in [5.74, 6) is 1.14. The van der Waals surface area contributed by atoms with Gasteiger partial charge in [0.1, 0.15) is 12.1 Å². The van der Waals surface area contributed by atoms with E-state index in [0.29, 0.717) is 13.0 Å². The molecule has 23 heavy (non-hydrogen) atoms. The van der Waals surface area contributed by atoms with Crippen LogP contribution in [-0.4, -0.2) is 53.1 Å². The first-order chi connectivity index (χ1) is 11.3. The Hall–Kier alpha value is -1.72. The van der Waals surface area contributed by atoms with Crippen LogP contribution in [0.25, 0.3) is 0 Å². The molecule has 2 saturated heterocycles. The normalized spacial score (nSPS) is 25.3. The maximum absolute atomic E-state index is 12.8. The summed E-state index contributed by atoms with van der Waals surface area (Å²) >= 11 is 0. The van der Waals surface area contributed by atoms with Gasteiger partial charge >= 0.3 is 0 Å². The molecule has 1 amide bonds. The Balaban J connectivity index is 1.42. The lowest BCUT2D eigenvalue weighted by atomic mass is 10.0. The molecule has 2 aliphatic heterocycles. The minimum Gasteiger partial charge on any atom is -0.356 e. The summed E-state index contributed by atoms with van der Waals surface area (Å²) in [7, 11) is 0. The Bertz CT molecular complexity index is 600. The molecule has 5 nitrogen and oxygen atoms in total. The van der Waals surface area contributed by atoms with Crippen LogP contribution in [0.5, 0.6) is 0 Å². The fourth-order valence-corrected chi connectivity index (χ4v) is 4.27. The van der Waals surface area contributed by atoms with Crippen LogP contribution in [0.15, 0.2) is 6.33 Å². The number of hydrogen-bond donors (Lipinski definition) is 0. The van der Waals surface area contributed by atoms with Crippen LogP contribution in [-0.2, 0) is 17.6 Å². The first-order valence-electron chi connectivity index (χ1n) is 8.69. The lowest BCUT2D eigenvalue weighted by Crippen LogP contribution is -2.46. The molecule has 3 aliphatic rings. The van der Waals surface area contributed by atoms with Crippen molar-refractivity contribution < 1.29 is 9.18 Å². The van der Waals surface area contributed by atoms with E-state index in [0.717, 1.165) is 44.6 Å². The predicted octanol–water partition coefficient (Wildman–Crippen LogP) is 1.75. The zero-order valence-electron chi connectivity index (χ0n) is 13.4. The number of anilines is 1. The number of carbonyl (C=O) groups is 1. The van der Waals surface area contributed by atoms with Crippen molar-refractivity contribution in [2.24, 2.45) is 5.92 Å². The molecule has 0 saturated carbocycles. The first-order valence-corrected chi connectivity index (χ1v) is 8.69. The van der Waals surface area contributed by atoms with Gasteiger partial charge in [-0.15, -0.1) is 0 Å². The Morgan fingerprint density at radius 2 is 2.04 bits per heavy atom. The highest BCUT2D eigenvalue weighted by Gasteiger charge is 2.36. The second-order valence-corrected chi connectivity index (χ2v) is 6.96. The van der Waals surface area contributed by atoms with Crippen molar-refractivity contribution in [3.8, 4) is 0 Å². The monoisotopic (exact) mass is 318 g/mol. The van der Waals surface area contributed by atoms with Gasteiger partial charge in [0.2, 0.25) is 5.91 Å². The maximum Gasteiger partial charge on any atom is 0.223 e. The van der Waals surface area contributed by atoms with E-state index in [2.05, 4.69) is 14.9 Å². The average Bonchev–Trinajstić information content (AvgIpc) is 3.21. The predicted molar refractivity (Wildman–Crippen MR) is 85.1 cm³/mol. The summed E-state index contributed by atoms with van der Waals surface area (Å²) in [6, 6.07) is 0.269. The van der Waals surface area contributed by atoms with Gasteiger partial charge in [-0.25, -0.2) is 9.97 Å². The zero-order chi connectivity index (χ0) is 15.8. The van der Waals surface area contributed by atoms with E-state index < -0.39 is 0 Å². The molecule has 1 atom stereocenters. The van der Waals surface area contributed by atoms with Crippen molar-refractivity contribution in [3.63, 3.8) is 0 Å². The van der Waals surface area contributed by atoms with Gasteiger partial charge in [0.25, 0.3) is 0 Å². The molecule has 0 aromatic carbocycles. The second-order valence-electron chi connectivity index (χ2n) is 6.96. The number of aromatic nitrogens is 2. The number of aryl methyl sites for hydroxylation is 1. The number of nitrogens with zero attached hydrogens (tertiary/aromatic N) is 4. The van der Waals surface area contributed by atoms with Gasteiger partial charge in [-0.2, -0.15) is 0 Å². The minimum atomic E-state index is -0.381. The summed E-state index contributed by atoms with van der Waals surface area (Å²) in [6.45, 7) is 2.05. The molecule has 3 heterocycles. The van der Waals surface area contributed by atoms with Crippen LogP contribution < -0.4 is 4.90 Å². The number of likely N-dealkylation sites (tertiary alicyclic amines) is 1. The molecule has 6 heteroatoms. The lowest BCUT2D eigenvalue weighted by molar-refractivity contribution is -0.130. The number of fused-ring (bicyclic) bond motifs is 1. The van der Waals surface area contributed by atoms with Crippen LogP contribution in [0, 0.1) is 5.92 Å². The van der Waals surface area contributed by atoms with Gasteiger partial charge < -0.3 is 9.80 Å². The molecule has 0 N–H and O–H groups in total. The van der Waals surface area contributed by atoms with Gasteiger partial charge in [0.15, 0.2) is 0 Å². The SMILES string of the molecule is O=C1CC(CF)CN1C1CCN(c2ncnc3c2CCC3)CC1. The van der Waals surface area contributed by atoms with Gasteiger partial charge in [-0.3, -0.25) is 9.18 Å². The molecule has 0 bridgehead atoms. The van der Waals surface area contributed by atoms with Crippen molar-refractivity contribution in [3.05, 3.63) is 17.6 Å². The third-order valence-electron chi connectivity index (χ3n) is 5.51. The molecule has 1 unspecified atom stereocenters. The summed E-state index contributed by atoms with van der Waals surface area (Å²) in [5, 5.41) is 0. The highest BCUT2D eigenvalue weighted by molar-refractivity contribution is 5.79. The maximum atomic E-state index is 12.8. The standard InChI is InChI=1S/C17H23FN4O/c18-9-12-8-16(23)22(10-12)13-4-6-21(7-5-13)17-14-2-1-3-15(14)19-11-20-17/h11-13H,1-10H2. The van der Waals surface area contributed by atoms with Gasteiger partial charge in [0.05, 0.1) is 6.67 Å². The summed E-state index contributed by atoms with van der Waals surface area (Å²) in [6.07, 6.45) is 7.28. The van der Waals surface area contributed by atoms with Gasteiger partial charge in [0, 0.05) is 49.3 Å². The lowest BCUT2D eigenvalue weighted by Gasteiger charge is -2.38. The van der Waals surface area contributed by atoms with E-state index in [1.807, 2.05) is 4.90 Å². The van der Waals surface area contributed by atoms with E-state index in [1.165, 1.54) is 17.7 Å². The average molecular weight is 318 g/mol. The van der Waals surface area contributed by atoms with Gasteiger partial charge in [-0.1, -0.05) is 0 Å². The molecule has 124 valence electrons. The Kier molecular flexibility index (Phi) is 3.91. The fourth-order valence-electron chi connectivity index (χ4n) is 4.27. The van der Waals surface area contributed by atoms with Crippen molar-refractivity contribution in [2.75, 3.05) is 31.2 Å². The number of piperidine rings is 1. The summed E-state index contributed by atoms with van der Waals surface area (Å²) in [4.78, 5) is 25.3. The fraction of sp³-hybridized carbons (Fsp3) is 0.706. The van der Waals surface area contributed by atoms with Crippen LogP contribution in [0.2, 0.25) is 0 Å². The summed E-state index contributed by atoms with van der Waals surface area (Å²) in [5.41, 5.74) is 2.53. The van der Waals surface area contributed by atoms with Crippen molar-refractivity contribution >= 4 is 11.7 Å². The van der Waals surface area contributed by atoms with Gasteiger partial charge in [-0.05, 0) is 32.1 Å². The topological polar surface area (TPSA) is 49.3 Å². The minimum absolute atomic E-state index is 0.0920. The Labute approximate surface area is 135 Å². The zero-order valence-corrected chi connectivity index (χ0v) is 13.4. The molecule has 4 rings (SSSR count). The van der Waals surface area contributed by atoms with Crippen LogP contribution in [0.3, 0.4) is 0 Å². The largest absolute Gasteiger partial charge is 0.356 e. The van der Waals surface area contributed by atoms with E-state index >= 15 is 0 Å². The quantitative estimate of drug-likeness (QED) is 0.852. The molecule has 1 aromatic rings. The van der Waals surface area contributed by atoms with Crippen molar-refractivity contribution in [2.45, 2.75) is 44.6 Å². The van der Waals surface area contributed by atoms with Crippen molar-refractivity contribution in [1.29, 1.82) is 0 Å². The smallest absolute Gasteiger partial charge is 0.223 e. The van der Waals surface area contributed by atoms with E-state index in [-0.39, 0.29) is 24.5 Å². The third-order valence-corrected chi connectivity index (χ3v) is 5.51. The molecule has 0 radical (unpaired) electrons. The highest BCUT2D eigenvalue weighted by Crippen LogP contribution is 2.31. The van der Waals surface area contributed by atoms with E-state index in [1.54, 1.807) is 6.33 Å². The molecular weight excluding hydrogens is 295 g/mol. The summed E-state index contributed by atoms with van der Waals surface area (Å²) < 4.78 is 12.8. The van der Waals surface area contributed by atoms with Crippen LogP contribution >= 0.6 is 0 Å². The van der Waals surface area contributed by atoms with Crippen molar-refractivity contribution in [1.82, 2.24) is 14.9 Å². The number of hydrogen-bond acceptors (Lipinski definition) is 4. The molecular formula is C17H23FN4O. The number of carbonyl (C=O) groups excluding carboxylic acids is 1. The van der Waals surface area contributed by atoms with Crippen LogP contribution in [0.1, 0.15) is 36.9 Å². The molecule has 1 aromatic heterocycles. The number of amides is 1. The first kappa shape index (κ1) is 14.8. The van der Waals surface area contributed by atoms with E-state index in [4.69, 9.17) is 0 Å². The van der Waals surface area contributed by atoms with Crippen LogP contribution in [0.4, 0.5) is 10.2 Å². The molecule has 1 aliphatic carbocycles. The Morgan fingerprint density at radius 3 is 2.78 bits per heavy atom. The number of halogens is 1. The molecule has 2 fully saturated rings.